The van der Waals surface area contributed by atoms with Crippen LogP contribution >= 0.6 is 0 Å². The molecule has 0 aliphatic rings. The van der Waals surface area contributed by atoms with Crippen molar-refractivity contribution < 1.29 is 33.0 Å². The molecule has 0 amide bonds. The molecule has 1 N–H and O–H groups in total. The Bertz CT molecular complexity index is 1230. The number of hydrogen-bond donors (Lipinski definition) is 1. The molecule has 1 aromatic heterocycles. The van der Waals surface area contributed by atoms with E-state index >= 15 is 4.39 Å². The first kappa shape index (κ1) is 26.8. The van der Waals surface area contributed by atoms with Gasteiger partial charge in [-0.15, -0.1) is 0 Å². The number of ether oxygens (including phenoxy) is 2. The van der Waals surface area contributed by atoms with Crippen molar-refractivity contribution >= 4 is 11.8 Å². The number of aryl methyl sites for hydroxylation is 2. The van der Waals surface area contributed by atoms with E-state index < -0.39 is 47.1 Å². The molecule has 0 unspecified atom stereocenters. The summed E-state index contributed by atoms with van der Waals surface area (Å²) in [6.45, 7) is 6.63. The molecule has 0 bridgehead atoms. The van der Waals surface area contributed by atoms with E-state index in [2.05, 4.69) is 4.98 Å². The Hall–Kier alpha value is -3.81. The summed E-state index contributed by atoms with van der Waals surface area (Å²) in [7, 11) is 1.35. The number of carbonyl (C=O) groups excluding carboxylic acids is 2. The van der Waals surface area contributed by atoms with E-state index in [4.69, 9.17) is 9.47 Å². The zero-order valence-corrected chi connectivity index (χ0v) is 20.8. The third kappa shape index (κ3) is 5.87. The summed E-state index contributed by atoms with van der Waals surface area (Å²) >= 11 is 0. The third-order valence-electron chi connectivity index (χ3n) is 6.09. The van der Waals surface area contributed by atoms with Crippen LogP contribution in [0.5, 0.6) is 11.5 Å². The first-order valence-corrected chi connectivity index (χ1v) is 11.5. The van der Waals surface area contributed by atoms with Crippen LogP contribution in [0.25, 0.3) is 0 Å². The Labute approximate surface area is 208 Å². The molecule has 8 heteroatoms. The minimum Gasteiger partial charge on any atom is -0.503 e. The molecular formula is C28H29F2NO5. The van der Waals surface area contributed by atoms with Crippen LogP contribution in [-0.2, 0) is 9.53 Å². The molecule has 0 radical (unpaired) electrons. The molecule has 0 saturated carbocycles. The van der Waals surface area contributed by atoms with Gasteiger partial charge in [-0.05, 0) is 61.2 Å². The second-order valence-electron chi connectivity index (χ2n) is 8.88. The van der Waals surface area contributed by atoms with Crippen LogP contribution in [0.4, 0.5) is 8.78 Å². The van der Waals surface area contributed by atoms with Crippen molar-refractivity contribution in [3.63, 3.8) is 0 Å². The van der Waals surface area contributed by atoms with Crippen LogP contribution in [0.2, 0.25) is 0 Å². The number of ketones is 1. The number of aromatic hydroxyl groups is 1. The number of Topliss-reactive ketones (excluding diaryl/α,β-unsaturated/α-hetero) is 1. The van der Waals surface area contributed by atoms with Crippen LogP contribution in [0, 0.1) is 31.4 Å². The fraction of sp³-hybridized carbons (Fsp3) is 0.321. The summed E-state index contributed by atoms with van der Waals surface area (Å²) in [5, 5.41) is 10.2. The number of rotatable bonds is 9. The molecule has 0 saturated heterocycles. The summed E-state index contributed by atoms with van der Waals surface area (Å²) in [4.78, 5) is 29.5. The highest BCUT2D eigenvalue weighted by atomic mass is 19.1. The predicted octanol–water partition coefficient (Wildman–Crippen LogP) is 5.66. The van der Waals surface area contributed by atoms with Gasteiger partial charge in [-0.1, -0.05) is 25.1 Å². The van der Waals surface area contributed by atoms with Crippen molar-refractivity contribution in [2.75, 3.05) is 7.11 Å². The monoisotopic (exact) mass is 497 g/mol. The van der Waals surface area contributed by atoms with E-state index in [1.54, 1.807) is 39.0 Å². The predicted molar refractivity (Wildman–Crippen MR) is 130 cm³/mol. The molecule has 3 atom stereocenters. The standard InChI is InChI=1S/C28H29F2NO5/c1-15-6-8-21(22(30)12-15)25(20-9-7-19(29)13-16(20)2)18(4)36-28(34)17(3)14-23(32)26-27(33)24(35-5)10-11-31-26/h6-13,17-18,25,33H,14H2,1-5H3/t17-,18+,25-/m1/s1. The number of nitrogens with zero attached hydrogens (tertiary/aromatic N) is 1. The lowest BCUT2D eigenvalue weighted by atomic mass is 9.84. The number of pyridine rings is 1. The molecule has 3 rings (SSSR count). The van der Waals surface area contributed by atoms with Crippen LogP contribution < -0.4 is 4.74 Å². The average molecular weight is 498 g/mol. The van der Waals surface area contributed by atoms with Crippen LogP contribution in [0.3, 0.4) is 0 Å². The van der Waals surface area contributed by atoms with Gasteiger partial charge in [0.15, 0.2) is 23.0 Å². The van der Waals surface area contributed by atoms with Gasteiger partial charge in [0.25, 0.3) is 0 Å². The van der Waals surface area contributed by atoms with Crippen molar-refractivity contribution in [1.82, 2.24) is 4.98 Å². The number of esters is 1. The van der Waals surface area contributed by atoms with Gasteiger partial charge in [-0.2, -0.15) is 0 Å². The lowest BCUT2D eigenvalue weighted by Crippen LogP contribution is -2.28. The lowest BCUT2D eigenvalue weighted by molar-refractivity contribution is -0.153. The van der Waals surface area contributed by atoms with E-state index in [1.165, 1.54) is 44.5 Å². The highest BCUT2D eigenvalue weighted by molar-refractivity contribution is 5.99. The van der Waals surface area contributed by atoms with E-state index in [1.807, 2.05) is 0 Å². The maximum absolute atomic E-state index is 15.0. The van der Waals surface area contributed by atoms with Gasteiger partial charge in [0.05, 0.1) is 13.0 Å². The molecule has 0 aliphatic heterocycles. The maximum atomic E-state index is 15.0. The molecule has 3 aromatic rings. The number of benzene rings is 2. The number of carbonyl (C=O) groups is 2. The normalized spacial score (nSPS) is 13.5. The quantitative estimate of drug-likeness (QED) is 0.303. The van der Waals surface area contributed by atoms with E-state index in [9.17, 15) is 19.1 Å². The van der Waals surface area contributed by atoms with Gasteiger partial charge < -0.3 is 14.6 Å². The molecule has 0 fully saturated rings. The summed E-state index contributed by atoms with van der Waals surface area (Å²) < 4.78 is 39.5. The smallest absolute Gasteiger partial charge is 0.309 e. The molecule has 0 spiro atoms. The van der Waals surface area contributed by atoms with Gasteiger partial charge in [0.1, 0.15) is 17.7 Å². The lowest BCUT2D eigenvalue weighted by Gasteiger charge is -2.28. The van der Waals surface area contributed by atoms with Crippen molar-refractivity contribution in [2.24, 2.45) is 5.92 Å². The highest BCUT2D eigenvalue weighted by Crippen LogP contribution is 2.35. The van der Waals surface area contributed by atoms with E-state index in [0.29, 0.717) is 16.7 Å². The topological polar surface area (TPSA) is 85.7 Å². The molecule has 6 nitrogen and oxygen atoms in total. The maximum Gasteiger partial charge on any atom is 0.309 e. The Morgan fingerprint density at radius 3 is 2.36 bits per heavy atom. The van der Waals surface area contributed by atoms with Gasteiger partial charge in [-0.3, -0.25) is 9.59 Å². The van der Waals surface area contributed by atoms with E-state index in [0.717, 1.165) is 5.56 Å². The van der Waals surface area contributed by atoms with Crippen molar-refractivity contribution in [3.8, 4) is 11.5 Å². The SMILES string of the molecule is COc1ccnc(C(=O)C[C@@H](C)C(=O)O[C@@H](C)[C@H](c2ccc(F)cc2C)c2ccc(C)cc2F)c1O. The first-order valence-electron chi connectivity index (χ1n) is 11.5. The minimum absolute atomic E-state index is 0.0924. The van der Waals surface area contributed by atoms with Crippen molar-refractivity contribution in [3.05, 3.63) is 88.2 Å². The Kier molecular flexibility index (Phi) is 8.40. The fourth-order valence-electron chi connectivity index (χ4n) is 4.18. The third-order valence-corrected chi connectivity index (χ3v) is 6.09. The number of methoxy groups -OCH3 is 1. The minimum atomic E-state index is -0.870. The zero-order valence-electron chi connectivity index (χ0n) is 20.8. The number of halogens is 2. The Balaban J connectivity index is 1.84. The molecule has 190 valence electrons. The van der Waals surface area contributed by atoms with Crippen LogP contribution in [0.1, 0.15) is 58.9 Å². The van der Waals surface area contributed by atoms with Crippen LogP contribution in [0.15, 0.2) is 48.7 Å². The highest BCUT2D eigenvalue weighted by Gasteiger charge is 2.31. The van der Waals surface area contributed by atoms with Gasteiger partial charge in [0, 0.05) is 24.6 Å². The summed E-state index contributed by atoms with van der Waals surface area (Å²) in [5.41, 5.74) is 2.05. The second kappa shape index (κ2) is 11.3. The Morgan fingerprint density at radius 1 is 1.03 bits per heavy atom. The van der Waals surface area contributed by atoms with Gasteiger partial charge >= 0.3 is 5.97 Å². The first-order chi connectivity index (χ1) is 17.0. The van der Waals surface area contributed by atoms with Crippen molar-refractivity contribution in [1.29, 1.82) is 0 Å². The van der Waals surface area contributed by atoms with Gasteiger partial charge in [-0.25, -0.2) is 13.8 Å². The summed E-state index contributed by atoms with van der Waals surface area (Å²) in [5.74, 6) is -4.00. The second-order valence-corrected chi connectivity index (χ2v) is 8.88. The fourth-order valence-corrected chi connectivity index (χ4v) is 4.18. The molecule has 0 aliphatic carbocycles. The molecule has 36 heavy (non-hydrogen) atoms. The summed E-state index contributed by atoms with van der Waals surface area (Å²) in [6.07, 6.45) is 0.223. The molecule has 2 aromatic carbocycles. The molecular weight excluding hydrogens is 468 g/mol. The molecule has 1 heterocycles. The zero-order chi connectivity index (χ0) is 26.6. The number of aromatic nitrogens is 1. The average Bonchev–Trinajstić information content (AvgIpc) is 2.81. The summed E-state index contributed by atoms with van der Waals surface area (Å²) in [6, 6.07) is 10.4. The van der Waals surface area contributed by atoms with Gasteiger partial charge in [0.2, 0.25) is 0 Å². The number of hydrogen-bond acceptors (Lipinski definition) is 6. The van der Waals surface area contributed by atoms with Crippen molar-refractivity contribution in [2.45, 2.75) is 46.1 Å². The van der Waals surface area contributed by atoms with Crippen LogP contribution in [-0.4, -0.2) is 35.1 Å². The largest absolute Gasteiger partial charge is 0.503 e. The Morgan fingerprint density at radius 2 is 1.72 bits per heavy atom. The van der Waals surface area contributed by atoms with E-state index in [-0.39, 0.29) is 17.9 Å².